The molecule has 0 aliphatic carbocycles. The van der Waals surface area contributed by atoms with Crippen LogP contribution >= 0.6 is 23.2 Å². The molecular weight excluding hydrogens is 295 g/mol. The molecule has 1 fully saturated rings. The Labute approximate surface area is 129 Å². The number of halogens is 2. The molecule has 3 nitrogen and oxygen atoms in total. The first-order valence-electron chi connectivity index (χ1n) is 6.90. The molecule has 108 valence electrons. The minimum atomic E-state index is 0.688. The van der Waals surface area contributed by atoms with Crippen LogP contribution in [0.5, 0.6) is 0 Å². The van der Waals surface area contributed by atoms with Gasteiger partial charge >= 0.3 is 0 Å². The quantitative estimate of drug-likeness (QED) is 0.861. The molecule has 20 heavy (non-hydrogen) atoms. The Balaban J connectivity index is 1.85. The minimum absolute atomic E-state index is 0.688. The molecular formula is C15H18Cl2N2O. The van der Waals surface area contributed by atoms with E-state index in [0.29, 0.717) is 5.02 Å². The Morgan fingerprint density at radius 1 is 1.10 bits per heavy atom. The molecule has 0 unspecified atom stereocenters. The average molecular weight is 313 g/mol. The molecule has 0 N–H and O–H groups in total. The van der Waals surface area contributed by atoms with Gasteiger partial charge in [-0.3, -0.25) is 4.90 Å². The van der Waals surface area contributed by atoms with Gasteiger partial charge in [0, 0.05) is 42.3 Å². The lowest BCUT2D eigenvalue weighted by molar-refractivity contribution is 0.0365. The second-order valence-corrected chi connectivity index (χ2v) is 6.06. The van der Waals surface area contributed by atoms with Crippen molar-refractivity contribution in [2.24, 2.45) is 0 Å². The molecule has 1 aliphatic heterocycles. The van der Waals surface area contributed by atoms with E-state index >= 15 is 0 Å². The first kappa shape index (κ1) is 14.2. The third-order valence-electron chi connectivity index (χ3n) is 3.89. The summed E-state index contributed by atoms with van der Waals surface area (Å²) in [5.74, 6) is 0. The van der Waals surface area contributed by atoms with Crippen molar-refractivity contribution >= 4 is 34.1 Å². The second kappa shape index (κ2) is 5.94. The number of aryl methyl sites for hydroxylation is 1. The van der Waals surface area contributed by atoms with Crippen LogP contribution in [0.2, 0.25) is 10.0 Å². The summed E-state index contributed by atoms with van der Waals surface area (Å²) in [5, 5.41) is 2.49. The van der Waals surface area contributed by atoms with Gasteiger partial charge in [0.1, 0.15) is 0 Å². The van der Waals surface area contributed by atoms with Crippen LogP contribution in [0.25, 0.3) is 10.9 Å². The summed E-state index contributed by atoms with van der Waals surface area (Å²) >= 11 is 12.4. The summed E-state index contributed by atoms with van der Waals surface area (Å²) in [6.07, 6.45) is 0. The Bertz CT molecular complexity index is 618. The van der Waals surface area contributed by atoms with Crippen molar-refractivity contribution in [1.29, 1.82) is 0 Å². The predicted octanol–water partition coefficient (Wildman–Crippen LogP) is 3.59. The first-order valence-corrected chi connectivity index (χ1v) is 7.66. The largest absolute Gasteiger partial charge is 0.379 e. The minimum Gasteiger partial charge on any atom is -0.379 e. The van der Waals surface area contributed by atoms with Gasteiger partial charge < -0.3 is 9.30 Å². The topological polar surface area (TPSA) is 17.4 Å². The van der Waals surface area contributed by atoms with E-state index in [1.807, 2.05) is 6.07 Å². The monoisotopic (exact) mass is 312 g/mol. The maximum Gasteiger partial charge on any atom is 0.0594 e. The zero-order chi connectivity index (χ0) is 14.1. The maximum atomic E-state index is 6.27. The molecule has 1 saturated heterocycles. The zero-order valence-electron chi connectivity index (χ0n) is 11.5. The molecule has 1 aromatic carbocycles. The second-order valence-electron chi connectivity index (χ2n) is 5.21. The number of aromatic nitrogens is 1. The van der Waals surface area contributed by atoms with E-state index in [4.69, 9.17) is 27.9 Å². The molecule has 5 heteroatoms. The van der Waals surface area contributed by atoms with Gasteiger partial charge in [-0.15, -0.1) is 0 Å². The highest BCUT2D eigenvalue weighted by molar-refractivity contribution is 6.38. The summed E-state index contributed by atoms with van der Waals surface area (Å²) in [6, 6.07) is 5.93. The first-order chi connectivity index (χ1) is 9.65. The van der Waals surface area contributed by atoms with Crippen molar-refractivity contribution in [2.75, 3.05) is 32.8 Å². The molecule has 0 amide bonds. The van der Waals surface area contributed by atoms with Gasteiger partial charge in [-0.05, 0) is 25.1 Å². The van der Waals surface area contributed by atoms with E-state index in [1.165, 1.54) is 5.69 Å². The van der Waals surface area contributed by atoms with Gasteiger partial charge in [0.2, 0.25) is 0 Å². The van der Waals surface area contributed by atoms with Gasteiger partial charge in [0.25, 0.3) is 0 Å². The molecule has 2 aromatic rings. The van der Waals surface area contributed by atoms with Crippen LogP contribution in [-0.4, -0.2) is 42.3 Å². The van der Waals surface area contributed by atoms with Crippen molar-refractivity contribution in [3.05, 3.63) is 33.9 Å². The lowest BCUT2D eigenvalue weighted by atomic mass is 10.2. The standard InChI is InChI=1S/C15H18Cl2N2O/c1-11-8-13-14(17)9-12(16)10-15(13)19(11)3-2-18-4-6-20-7-5-18/h8-10H,2-7H2,1H3. The van der Waals surface area contributed by atoms with Crippen molar-refractivity contribution in [2.45, 2.75) is 13.5 Å². The van der Waals surface area contributed by atoms with Crippen LogP contribution < -0.4 is 0 Å². The number of benzene rings is 1. The van der Waals surface area contributed by atoms with Crippen molar-refractivity contribution in [3.8, 4) is 0 Å². The number of ether oxygens (including phenoxy) is 1. The maximum absolute atomic E-state index is 6.27. The fraction of sp³-hybridized carbons (Fsp3) is 0.467. The number of hydrogen-bond acceptors (Lipinski definition) is 2. The van der Waals surface area contributed by atoms with E-state index in [0.717, 1.165) is 55.3 Å². The van der Waals surface area contributed by atoms with E-state index in [9.17, 15) is 0 Å². The molecule has 0 atom stereocenters. The molecule has 1 aromatic heterocycles. The Hall–Kier alpha value is -0.740. The summed E-state index contributed by atoms with van der Waals surface area (Å²) in [5.41, 5.74) is 2.34. The molecule has 2 heterocycles. The Kier molecular flexibility index (Phi) is 4.22. The summed E-state index contributed by atoms with van der Waals surface area (Å²) in [4.78, 5) is 2.43. The average Bonchev–Trinajstić information content (AvgIpc) is 2.74. The van der Waals surface area contributed by atoms with Crippen molar-refractivity contribution < 1.29 is 4.74 Å². The number of hydrogen-bond donors (Lipinski definition) is 0. The fourth-order valence-electron chi connectivity index (χ4n) is 2.78. The van der Waals surface area contributed by atoms with Crippen LogP contribution in [0, 0.1) is 6.92 Å². The van der Waals surface area contributed by atoms with Crippen LogP contribution in [0.1, 0.15) is 5.69 Å². The van der Waals surface area contributed by atoms with Gasteiger partial charge in [0.05, 0.1) is 23.8 Å². The molecule has 0 saturated carbocycles. The predicted molar refractivity (Wildman–Crippen MR) is 84.0 cm³/mol. The smallest absolute Gasteiger partial charge is 0.0594 e. The van der Waals surface area contributed by atoms with E-state index in [1.54, 1.807) is 6.07 Å². The molecule has 1 aliphatic rings. The SMILES string of the molecule is Cc1cc2c(Cl)cc(Cl)cc2n1CCN1CCOCC1. The van der Waals surface area contributed by atoms with Crippen molar-refractivity contribution in [1.82, 2.24) is 9.47 Å². The number of fused-ring (bicyclic) bond motifs is 1. The van der Waals surface area contributed by atoms with Crippen LogP contribution in [0.3, 0.4) is 0 Å². The van der Waals surface area contributed by atoms with Gasteiger partial charge in [-0.2, -0.15) is 0 Å². The lowest BCUT2D eigenvalue weighted by Gasteiger charge is -2.27. The van der Waals surface area contributed by atoms with Crippen LogP contribution in [0.15, 0.2) is 18.2 Å². The van der Waals surface area contributed by atoms with Gasteiger partial charge in [-0.25, -0.2) is 0 Å². The number of rotatable bonds is 3. The summed E-state index contributed by atoms with van der Waals surface area (Å²) in [7, 11) is 0. The van der Waals surface area contributed by atoms with Crippen molar-refractivity contribution in [3.63, 3.8) is 0 Å². The van der Waals surface area contributed by atoms with Crippen LogP contribution in [-0.2, 0) is 11.3 Å². The lowest BCUT2D eigenvalue weighted by Crippen LogP contribution is -2.38. The third kappa shape index (κ3) is 2.82. The van der Waals surface area contributed by atoms with Crippen LogP contribution in [0.4, 0.5) is 0 Å². The number of morpholine rings is 1. The van der Waals surface area contributed by atoms with E-state index in [2.05, 4.69) is 22.5 Å². The summed E-state index contributed by atoms with van der Waals surface area (Å²) < 4.78 is 7.67. The highest BCUT2D eigenvalue weighted by Crippen LogP contribution is 2.30. The third-order valence-corrected chi connectivity index (χ3v) is 4.42. The Morgan fingerprint density at radius 2 is 1.85 bits per heavy atom. The molecule has 3 rings (SSSR count). The van der Waals surface area contributed by atoms with Gasteiger partial charge in [-0.1, -0.05) is 23.2 Å². The van der Waals surface area contributed by atoms with E-state index < -0.39 is 0 Å². The Morgan fingerprint density at radius 3 is 2.60 bits per heavy atom. The molecule has 0 bridgehead atoms. The van der Waals surface area contributed by atoms with Gasteiger partial charge in [0.15, 0.2) is 0 Å². The molecule has 0 radical (unpaired) electrons. The van der Waals surface area contributed by atoms with E-state index in [-0.39, 0.29) is 0 Å². The molecule has 0 spiro atoms. The zero-order valence-corrected chi connectivity index (χ0v) is 13.0. The highest BCUT2D eigenvalue weighted by Gasteiger charge is 2.13. The number of nitrogens with zero attached hydrogens (tertiary/aromatic N) is 2. The normalized spacial score (nSPS) is 16.9. The fourth-order valence-corrected chi connectivity index (χ4v) is 3.31. The summed E-state index contributed by atoms with van der Waals surface area (Å²) in [6.45, 7) is 7.79. The highest BCUT2D eigenvalue weighted by atomic mass is 35.5.